The zero-order chi connectivity index (χ0) is 17.7. The quantitative estimate of drug-likeness (QED) is 0.814. The molecule has 0 spiro atoms. The zero-order valence-corrected chi connectivity index (χ0v) is 14.9. The van der Waals surface area contributed by atoms with Crippen LogP contribution in [0.3, 0.4) is 0 Å². The fraction of sp³-hybridized carbons (Fsp3) is 0.579. The number of anilines is 1. The predicted molar refractivity (Wildman–Crippen MR) is 93.9 cm³/mol. The third kappa shape index (κ3) is 2.77. The van der Waals surface area contributed by atoms with Gasteiger partial charge in [-0.25, -0.2) is 9.18 Å². The maximum absolute atomic E-state index is 14.2. The molecule has 2 amide bonds. The van der Waals surface area contributed by atoms with Gasteiger partial charge in [-0.2, -0.15) is 5.26 Å². The summed E-state index contributed by atoms with van der Waals surface area (Å²) < 4.78 is 14.2. The summed E-state index contributed by atoms with van der Waals surface area (Å²) in [7, 11) is 0. The molecule has 2 heterocycles. The number of hydrogen-bond acceptors (Lipinski definition) is 2. The van der Waals surface area contributed by atoms with Crippen molar-refractivity contribution in [3.8, 4) is 6.07 Å². The van der Waals surface area contributed by atoms with Gasteiger partial charge in [0.15, 0.2) is 0 Å². The largest absolute Gasteiger partial charge is 0.322 e. The number of benzene rings is 1. The summed E-state index contributed by atoms with van der Waals surface area (Å²) in [5.74, 6) is -0.0587. The van der Waals surface area contributed by atoms with Crippen LogP contribution in [-0.2, 0) is 0 Å². The van der Waals surface area contributed by atoms with Crippen LogP contribution in [-0.4, -0.2) is 23.0 Å². The Bertz CT molecular complexity index is 750. The van der Waals surface area contributed by atoms with Crippen LogP contribution in [0, 0.1) is 29.0 Å². The van der Waals surface area contributed by atoms with Crippen LogP contribution >= 0.6 is 11.6 Å². The molecule has 4 nitrogen and oxygen atoms in total. The second-order valence-corrected chi connectivity index (χ2v) is 8.12. The minimum atomic E-state index is -0.546. The summed E-state index contributed by atoms with van der Waals surface area (Å²) in [6.07, 6.45) is 4.78. The van der Waals surface area contributed by atoms with E-state index in [1.54, 1.807) is 6.07 Å². The molecular weight excluding hydrogens is 341 g/mol. The molecule has 2 bridgehead atoms. The molecule has 2 saturated heterocycles. The molecule has 25 heavy (non-hydrogen) atoms. The molecule has 0 radical (unpaired) electrons. The van der Waals surface area contributed by atoms with Crippen LogP contribution in [0.15, 0.2) is 12.1 Å². The summed E-state index contributed by atoms with van der Waals surface area (Å²) >= 11 is 6.12. The van der Waals surface area contributed by atoms with E-state index in [-0.39, 0.29) is 22.9 Å². The minimum Gasteiger partial charge on any atom is -0.318 e. The minimum absolute atomic E-state index is 0.0481. The second-order valence-electron chi connectivity index (χ2n) is 7.74. The van der Waals surface area contributed by atoms with Gasteiger partial charge < -0.3 is 10.2 Å². The average molecular weight is 362 g/mol. The smallest absolute Gasteiger partial charge is 0.318 e. The molecule has 2 aliphatic carbocycles. The van der Waals surface area contributed by atoms with Crippen LogP contribution in [0.4, 0.5) is 14.9 Å². The number of nitrogens with one attached hydrogen (secondary N) is 1. The Kier molecular flexibility index (Phi) is 4.11. The summed E-state index contributed by atoms with van der Waals surface area (Å²) in [4.78, 5) is 14.5. The number of fused-ring (bicyclic) bond motifs is 2. The van der Waals surface area contributed by atoms with Gasteiger partial charge in [0.05, 0.1) is 17.0 Å². The molecule has 1 aromatic rings. The van der Waals surface area contributed by atoms with E-state index in [0.717, 1.165) is 32.1 Å². The number of urea groups is 1. The monoisotopic (exact) mass is 361 g/mol. The van der Waals surface area contributed by atoms with Gasteiger partial charge in [-0.1, -0.05) is 18.5 Å². The molecule has 6 heteroatoms. The van der Waals surface area contributed by atoms with Crippen LogP contribution in [0.1, 0.15) is 50.5 Å². The molecule has 4 unspecified atom stereocenters. The lowest BCUT2D eigenvalue weighted by Crippen LogP contribution is -2.63. The van der Waals surface area contributed by atoms with Gasteiger partial charge in [-0.15, -0.1) is 0 Å². The summed E-state index contributed by atoms with van der Waals surface area (Å²) in [5, 5.41) is 12.1. The maximum atomic E-state index is 14.2. The van der Waals surface area contributed by atoms with E-state index in [1.807, 2.05) is 4.90 Å². The summed E-state index contributed by atoms with van der Waals surface area (Å²) in [6, 6.07) is 5.70. The fourth-order valence-corrected chi connectivity index (χ4v) is 4.89. The molecule has 1 N–H and O–H groups in total. The first kappa shape index (κ1) is 16.7. The van der Waals surface area contributed by atoms with Crippen molar-refractivity contribution >= 4 is 23.3 Å². The van der Waals surface area contributed by atoms with Crippen molar-refractivity contribution in [1.82, 2.24) is 4.90 Å². The van der Waals surface area contributed by atoms with Crippen molar-refractivity contribution in [3.63, 3.8) is 0 Å². The molecule has 1 aromatic carbocycles. The van der Waals surface area contributed by atoms with Gasteiger partial charge in [0.1, 0.15) is 5.82 Å². The molecule has 5 rings (SSSR count). The van der Waals surface area contributed by atoms with Gasteiger partial charge >= 0.3 is 6.03 Å². The van der Waals surface area contributed by atoms with E-state index >= 15 is 0 Å². The number of halogens is 2. The lowest BCUT2D eigenvalue weighted by Gasteiger charge is -2.54. The maximum Gasteiger partial charge on any atom is 0.322 e. The van der Waals surface area contributed by atoms with Crippen LogP contribution in [0.5, 0.6) is 0 Å². The Morgan fingerprint density at radius 3 is 2.64 bits per heavy atom. The van der Waals surface area contributed by atoms with E-state index in [2.05, 4.69) is 18.3 Å². The Morgan fingerprint density at radius 1 is 1.32 bits per heavy atom. The summed E-state index contributed by atoms with van der Waals surface area (Å²) in [6.45, 7) is 2.22. The highest BCUT2D eigenvalue weighted by molar-refractivity contribution is 6.31. The number of hydrogen-bond donors (Lipinski definition) is 1. The van der Waals surface area contributed by atoms with Crippen LogP contribution in [0.2, 0.25) is 5.02 Å². The van der Waals surface area contributed by atoms with E-state index in [0.29, 0.717) is 29.3 Å². The number of nitriles is 1. The van der Waals surface area contributed by atoms with Crippen molar-refractivity contribution in [3.05, 3.63) is 28.5 Å². The molecule has 0 aromatic heterocycles. The van der Waals surface area contributed by atoms with Crippen molar-refractivity contribution in [2.45, 2.75) is 57.0 Å². The van der Waals surface area contributed by atoms with Crippen molar-refractivity contribution in [2.24, 2.45) is 11.8 Å². The molecule has 132 valence electrons. The highest BCUT2D eigenvalue weighted by Gasteiger charge is 2.46. The fourth-order valence-electron chi connectivity index (χ4n) is 4.64. The van der Waals surface area contributed by atoms with Gasteiger partial charge in [0.2, 0.25) is 0 Å². The Labute approximate surface area is 151 Å². The first-order valence-electron chi connectivity index (χ1n) is 8.95. The summed E-state index contributed by atoms with van der Waals surface area (Å²) in [5.41, 5.74) is 1.05. The van der Waals surface area contributed by atoms with Crippen molar-refractivity contribution in [2.75, 3.05) is 5.32 Å². The second kappa shape index (κ2) is 6.17. The topological polar surface area (TPSA) is 56.1 Å². The van der Waals surface area contributed by atoms with E-state index in [4.69, 9.17) is 16.9 Å². The van der Waals surface area contributed by atoms with Crippen molar-refractivity contribution in [1.29, 1.82) is 5.26 Å². The number of carbonyl (C=O) groups excluding carboxylic acids is 1. The molecule has 4 atom stereocenters. The van der Waals surface area contributed by atoms with E-state index in [9.17, 15) is 9.18 Å². The molecule has 4 fully saturated rings. The Hall–Kier alpha value is -1.80. The van der Waals surface area contributed by atoms with Gasteiger partial charge in [-0.05, 0) is 55.7 Å². The normalized spacial score (nSPS) is 33.0. The Balaban J connectivity index is 1.52. The lowest BCUT2D eigenvalue weighted by atomic mass is 9.71. The third-order valence-electron chi connectivity index (χ3n) is 6.06. The predicted octanol–water partition coefficient (Wildman–Crippen LogP) is 4.90. The van der Waals surface area contributed by atoms with Crippen molar-refractivity contribution < 1.29 is 9.18 Å². The number of piperidine rings is 1. The highest BCUT2D eigenvalue weighted by atomic mass is 35.5. The molecular formula is C19H21ClFN3O. The highest BCUT2D eigenvalue weighted by Crippen LogP contribution is 2.46. The van der Waals surface area contributed by atoms with Gasteiger partial charge in [0, 0.05) is 23.7 Å². The third-order valence-corrected chi connectivity index (χ3v) is 6.46. The number of rotatable bonds is 2. The zero-order valence-electron chi connectivity index (χ0n) is 14.1. The van der Waals surface area contributed by atoms with Gasteiger partial charge in [0.25, 0.3) is 0 Å². The number of carbonyl (C=O) groups is 1. The van der Waals surface area contributed by atoms with Gasteiger partial charge in [-0.3, -0.25) is 0 Å². The average Bonchev–Trinajstić information content (AvgIpc) is 2.51. The van der Waals surface area contributed by atoms with E-state index < -0.39 is 5.82 Å². The number of amides is 2. The SMILES string of the molecule is CC1CC2CC(C1)N2C(=O)Nc1cc(F)c(Cl)c(C2CCC2C#N)c1. The molecule has 2 saturated carbocycles. The van der Waals surface area contributed by atoms with E-state index in [1.165, 1.54) is 6.07 Å². The first-order valence-corrected chi connectivity index (χ1v) is 9.33. The van der Waals surface area contributed by atoms with Crippen LogP contribution in [0.25, 0.3) is 0 Å². The lowest BCUT2D eigenvalue weighted by molar-refractivity contribution is -0.00601. The first-order chi connectivity index (χ1) is 12.0. The Morgan fingerprint density at radius 2 is 2.04 bits per heavy atom. The standard InChI is InChI=1S/C19H21ClFN3O/c1-10-4-13-8-14(5-10)24(13)19(25)23-12-6-16(18(20)17(21)7-12)15-3-2-11(15)9-22/h6-7,10-11,13-15H,2-5,8H2,1H3,(H,23,25). The molecule has 2 aliphatic heterocycles. The molecule has 4 aliphatic rings. The number of nitrogens with zero attached hydrogens (tertiary/aromatic N) is 2. The van der Waals surface area contributed by atoms with Crippen LogP contribution < -0.4 is 5.32 Å².